The molecule has 9 heteroatoms. The van der Waals surface area contributed by atoms with E-state index >= 15 is 0 Å². The summed E-state index contributed by atoms with van der Waals surface area (Å²) in [5.74, 6) is -0.134. The number of ether oxygens (including phenoxy) is 2. The van der Waals surface area contributed by atoms with Gasteiger partial charge in [0.15, 0.2) is 6.29 Å². The van der Waals surface area contributed by atoms with Gasteiger partial charge in [-0.3, -0.25) is 4.79 Å². The Balaban J connectivity index is 2.09. The van der Waals surface area contributed by atoms with Crippen molar-refractivity contribution in [1.82, 2.24) is 5.32 Å². The van der Waals surface area contributed by atoms with Crippen LogP contribution in [0.5, 0.6) is 0 Å². The average Bonchev–Trinajstić information content (AvgIpc) is 3.46. The summed E-state index contributed by atoms with van der Waals surface area (Å²) in [7, 11) is 0. The first-order valence-corrected chi connectivity index (χ1v) is 35.9. The van der Waals surface area contributed by atoms with E-state index in [1.165, 1.54) is 315 Å². The van der Waals surface area contributed by atoms with Crippen molar-refractivity contribution in [1.29, 1.82) is 0 Å². The van der Waals surface area contributed by atoms with E-state index in [0.717, 1.165) is 38.5 Å². The SMILES string of the molecule is CCCCCCCCCC/C=C\CCCCCCCCCCCCCCCCCCCCCC(=O)NC(COC1OC(CO)C(O)C(O)C1O)C(O)CCCCCCCCCCCCCCCCCCCCCCCCCCCC. The van der Waals surface area contributed by atoms with E-state index in [4.69, 9.17) is 9.47 Å². The molecule has 9 nitrogen and oxygen atoms in total. The number of allylic oxidation sites excluding steroid dienone is 2. The van der Waals surface area contributed by atoms with Gasteiger partial charge in [0, 0.05) is 6.42 Å². The molecule has 0 bridgehead atoms. The van der Waals surface area contributed by atoms with E-state index in [1.807, 2.05) is 0 Å². The lowest BCUT2D eigenvalue weighted by molar-refractivity contribution is -0.302. The number of carbonyl (C=O) groups excluding carboxylic acids is 1. The molecule has 0 radical (unpaired) electrons. The van der Waals surface area contributed by atoms with Gasteiger partial charge in [-0.05, 0) is 38.5 Å². The van der Waals surface area contributed by atoms with Crippen LogP contribution in [0, 0.1) is 0 Å². The number of rotatable bonds is 64. The first-order chi connectivity index (χ1) is 39.3. The van der Waals surface area contributed by atoms with Gasteiger partial charge in [0.25, 0.3) is 0 Å². The summed E-state index contributed by atoms with van der Waals surface area (Å²) < 4.78 is 11.4. The molecule has 1 rings (SSSR count). The van der Waals surface area contributed by atoms with Crippen molar-refractivity contribution in [3.05, 3.63) is 12.2 Å². The molecule has 0 aliphatic carbocycles. The van der Waals surface area contributed by atoms with E-state index in [0.29, 0.717) is 12.8 Å². The van der Waals surface area contributed by atoms with Crippen molar-refractivity contribution < 1.29 is 39.8 Å². The number of carbonyl (C=O) groups is 1. The lowest BCUT2D eigenvalue weighted by Gasteiger charge is -2.40. The van der Waals surface area contributed by atoms with Crippen molar-refractivity contribution in [3.8, 4) is 0 Å². The number of amides is 1. The Morgan fingerprint density at radius 2 is 0.700 bits per heavy atom. The summed E-state index contributed by atoms with van der Waals surface area (Å²) in [5.41, 5.74) is 0. The molecule has 0 saturated carbocycles. The van der Waals surface area contributed by atoms with Crippen LogP contribution in [0.2, 0.25) is 0 Å². The van der Waals surface area contributed by atoms with Gasteiger partial charge in [0.1, 0.15) is 24.4 Å². The van der Waals surface area contributed by atoms with Gasteiger partial charge in [0.2, 0.25) is 5.91 Å². The molecule has 0 spiro atoms. The molecule has 1 aliphatic rings. The van der Waals surface area contributed by atoms with Crippen LogP contribution >= 0.6 is 0 Å². The summed E-state index contributed by atoms with van der Waals surface area (Å²) in [4.78, 5) is 13.2. The highest BCUT2D eigenvalue weighted by Gasteiger charge is 2.44. The van der Waals surface area contributed by atoms with Crippen molar-refractivity contribution in [2.75, 3.05) is 13.2 Å². The molecule has 7 unspecified atom stereocenters. The van der Waals surface area contributed by atoms with Gasteiger partial charge >= 0.3 is 0 Å². The van der Waals surface area contributed by atoms with Crippen LogP contribution < -0.4 is 5.32 Å². The van der Waals surface area contributed by atoms with Crippen LogP contribution in [0.4, 0.5) is 0 Å². The molecule has 0 aromatic heterocycles. The van der Waals surface area contributed by atoms with E-state index in [1.54, 1.807) is 0 Å². The molecule has 0 aromatic rings. The Labute approximate surface area is 496 Å². The van der Waals surface area contributed by atoms with Crippen LogP contribution in [0.25, 0.3) is 0 Å². The zero-order chi connectivity index (χ0) is 57.9. The second-order valence-corrected chi connectivity index (χ2v) is 25.4. The number of aliphatic hydroxyl groups is 5. The Morgan fingerprint density at radius 3 is 1.01 bits per heavy atom. The summed E-state index contributed by atoms with van der Waals surface area (Å²) in [6.45, 7) is 3.90. The minimum Gasteiger partial charge on any atom is -0.394 e. The molecule has 1 fully saturated rings. The zero-order valence-electron chi connectivity index (χ0n) is 53.4. The maximum Gasteiger partial charge on any atom is 0.220 e. The predicted molar refractivity (Wildman–Crippen MR) is 341 cm³/mol. The van der Waals surface area contributed by atoms with Gasteiger partial charge in [-0.15, -0.1) is 0 Å². The molecule has 7 atom stereocenters. The molecule has 80 heavy (non-hydrogen) atoms. The number of nitrogens with one attached hydrogen (secondary N) is 1. The normalized spacial score (nSPS) is 18.4. The highest BCUT2D eigenvalue weighted by atomic mass is 16.7. The molecule has 476 valence electrons. The zero-order valence-corrected chi connectivity index (χ0v) is 53.4. The van der Waals surface area contributed by atoms with Crippen LogP contribution in [0.1, 0.15) is 380 Å². The first kappa shape index (κ1) is 76.9. The maximum atomic E-state index is 13.2. The number of hydrogen-bond donors (Lipinski definition) is 6. The van der Waals surface area contributed by atoms with Crippen molar-refractivity contribution in [3.63, 3.8) is 0 Å². The van der Waals surface area contributed by atoms with Gasteiger partial charge in [-0.1, -0.05) is 347 Å². The molecule has 1 heterocycles. The monoisotopic (exact) mass is 1130 g/mol. The fourth-order valence-electron chi connectivity index (χ4n) is 12.0. The minimum atomic E-state index is -1.55. The van der Waals surface area contributed by atoms with Gasteiger partial charge in [0.05, 0.1) is 25.4 Å². The third kappa shape index (κ3) is 49.2. The van der Waals surface area contributed by atoms with Crippen LogP contribution in [-0.2, 0) is 14.3 Å². The Kier molecular flexibility index (Phi) is 58.7. The summed E-state index contributed by atoms with van der Waals surface area (Å²) in [6, 6.07) is -0.717. The number of hydrogen-bond acceptors (Lipinski definition) is 8. The van der Waals surface area contributed by atoms with Crippen LogP contribution in [-0.4, -0.2) is 87.5 Å². The second-order valence-electron chi connectivity index (χ2n) is 25.4. The lowest BCUT2D eigenvalue weighted by atomic mass is 9.99. The maximum absolute atomic E-state index is 13.2. The fraction of sp³-hybridized carbons (Fsp3) is 0.958. The van der Waals surface area contributed by atoms with Crippen molar-refractivity contribution in [2.24, 2.45) is 0 Å². The standard InChI is InChI=1S/C71H139NO8/c1-3-5-7-9-11-13-15-17-19-21-23-25-27-29-31-32-33-34-35-37-39-41-43-45-47-49-51-53-55-57-59-61-67(75)72-64(63-79-71-70(78)69(77)68(76)66(62-73)80-71)65(74)60-58-56-54-52-50-48-46-44-42-40-38-36-30-28-26-24-22-20-18-16-14-12-10-8-6-4-2/h21,23,64-66,68-71,73-74,76-78H,3-20,22,24-63H2,1-2H3,(H,72,75)/b23-21-. The fourth-order valence-corrected chi connectivity index (χ4v) is 12.0. The average molecular weight is 1130 g/mol. The number of aliphatic hydroxyl groups excluding tert-OH is 5. The summed E-state index contributed by atoms with van der Waals surface area (Å²) in [6.07, 6.45) is 71.4. The largest absolute Gasteiger partial charge is 0.394 e. The van der Waals surface area contributed by atoms with Gasteiger partial charge in [-0.2, -0.15) is 0 Å². The molecule has 6 N–H and O–H groups in total. The van der Waals surface area contributed by atoms with Crippen molar-refractivity contribution >= 4 is 5.91 Å². The quantitative estimate of drug-likeness (QED) is 0.0261. The van der Waals surface area contributed by atoms with Crippen molar-refractivity contribution in [2.45, 2.75) is 423 Å². The first-order valence-electron chi connectivity index (χ1n) is 35.9. The van der Waals surface area contributed by atoms with E-state index in [9.17, 15) is 30.3 Å². The van der Waals surface area contributed by atoms with E-state index in [-0.39, 0.29) is 12.5 Å². The minimum absolute atomic E-state index is 0.132. The highest BCUT2D eigenvalue weighted by molar-refractivity contribution is 5.76. The summed E-state index contributed by atoms with van der Waals surface area (Å²) in [5, 5.41) is 55.0. The molecular formula is C71H139NO8. The highest BCUT2D eigenvalue weighted by Crippen LogP contribution is 2.24. The van der Waals surface area contributed by atoms with Gasteiger partial charge < -0.3 is 40.3 Å². The predicted octanol–water partition coefficient (Wildman–Crippen LogP) is 19.5. The third-order valence-corrected chi connectivity index (χ3v) is 17.6. The topological polar surface area (TPSA) is 149 Å². The second kappa shape index (κ2) is 61.0. The molecule has 0 aromatic carbocycles. The molecular weight excluding hydrogens is 995 g/mol. The Bertz CT molecular complexity index is 1270. The molecule has 1 aliphatic heterocycles. The molecule has 1 saturated heterocycles. The van der Waals surface area contributed by atoms with Crippen LogP contribution in [0.3, 0.4) is 0 Å². The smallest absolute Gasteiger partial charge is 0.220 e. The third-order valence-electron chi connectivity index (χ3n) is 17.6. The Morgan fingerprint density at radius 1 is 0.412 bits per heavy atom. The molecule has 1 amide bonds. The van der Waals surface area contributed by atoms with E-state index < -0.39 is 49.5 Å². The number of unbranched alkanes of at least 4 members (excludes halogenated alkanes) is 52. The summed E-state index contributed by atoms with van der Waals surface area (Å²) >= 11 is 0. The Hall–Kier alpha value is -1.07. The van der Waals surface area contributed by atoms with Crippen LogP contribution in [0.15, 0.2) is 12.2 Å². The lowest BCUT2D eigenvalue weighted by Crippen LogP contribution is -2.60. The van der Waals surface area contributed by atoms with Gasteiger partial charge in [-0.25, -0.2) is 0 Å². The van der Waals surface area contributed by atoms with E-state index in [2.05, 4.69) is 31.3 Å².